The highest BCUT2D eigenvalue weighted by atomic mass is 16.5. The second kappa shape index (κ2) is 7.21. The summed E-state index contributed by atoms with van der Waals surface area (Å²) in [4.78, 5) is 28.6. The van der Waals surface area contributed by atoms with Crippen molar-refractivity contribution < 1.29 is 19.1 Å². The molecule has 3 rings (SSSR count). The molecule has 0 aliphatic heterocycles. The van der Waals surface area contributed by atoms with Crippen molar-refractivity contribution in [3.8, 4) is 11.5 Å². The van der Waals surface area contributed by atoms with Crippen molar-refractivity contribution in [2.45, 2.75) is 18.9 Å². The number of aromatic nitrogens is 1. The van der Waals surface area contributed by atoms with E-state index < -0.39 is 0 Å². The molecule has 25 heavy (non-hydrogen) atoms. The molecular weight excluding hydrogens is 322 g/mol. The average Bonchev–Trinajstić information content (AvgIpc) is 3.45. The largest absolute Gasteiger partial charge is 0.497 e. The van der Waals surface area contributed by atoms with Gasteiger partial charge in [-0.3, -0.25) is 14.6 Å². The highest BCUT2D eigenvalue weighted by molar-refractivity contribution is 6.06. The van der Waals surface area contributed by atoms with Gasteiger partial charge in [-0.25, -0.2) is 0 Å². The molecule has 2 amide bonds. The van der Waals surface area contributed by atoms with Crippen LogP contribution in [0.25, 0.3) is 0 Å². The highest BCUT2D eigenvalue weighted by Gasteiger charge is 2.24. The van der Waals surface area contributed by atoms with Gasteiger partial charge in [0.2, 0.25) is 0 Å². The van der Waals surface area contributed by atoms with E-state index in [1.165, 1.54) is 19.4 Å². The molecule has 1 aliphatic rings. The molecule has 0 spiro atoms. The van der Waals surface area contributed by atoms with Gasteiger partial charge in [0.1, 0.15) is 17.2 Å². The third-order valence-corrected chi connectivity index (χ3v) is 3.82. The Morgan fingerprint density at radius 3 is 2.56 bits per heavy atom. The molecule has 1 aromatic heterocycles. The van der Waals surface area contributed by atoms with E-state index in [9.17, 15) is 9.59 Å². The molecular formula is C18H19N3O4. The number of benzene rings is 1. The lowest BCUT2D eigenvalue weighted by Crippen LogP contribution is -2.26. The predicted octanol–water partition coefficient (Wildman–Crippen LogP) is 2.24. The first-order chi connectivity index (χ1) is 12.1. The summed E-state index contributed by atoms with van der Waals surface area (Å²) in [5.41, 5.74) is 1.03. The molecule has 7 nitrogen and oxygen atoms in total. The number of rotatable bonds is 6. The van der Waals surface area contributed by atoms with Crippen LogP contribution in [0.1, 0.15) is 33.7 Å². The maximum Gasteiger partial charge on any atom is 0.270 e. The molecule has 1 heterocycles. The summed E-state index contributed by atoms with van der Waals surface area (Å²) in [7, 11) is 3.06. The summed E-state index contributed by atoms with van der Waals surface area (Å²) in [5.74, 6) is 0.468. The van der Waals surface area contributed by atoms with Gasteiger partial charge in [0.15, 0.2) is 0 Å². The maximum atomic E-state index is 12.5. The quantitative estimate of drug-likeness (QED) is 0.841. The number of pyridine rings is 1. The summed E-state index contributed by atoms with van der Waals surface area (Å²) in [5, 5.41) is 5.62. The van der Waals surface area contributed by atoms with Gasteiger partial charge in [-0.15, -0.1) is 0 Å². The Labute approximate surface area is 145 Å². The van der Waals surface area contributed by atoms with Gasteiger partial charge in [0, 0.05) is 23.9 Å². The van der Waals surface area contributed by atoms with E-state index in [0.29, 0.717) is 22.7 Å². The minimum Gasteiger partial charge on any atom is -0.497 e. The van der Waals surface area contributed by atoms with Gasteiger partial charge in [0.25, 0.3) is 11.8 Å². The number of anilines is 1. The van der Waals surface area contributed by atoms with Crippen LogP contribution in [0, 0.1) is 0 Å². The third kappa shape index (κ3) is 4.06. The molecule has 0 atom stereocenters. The van der Waals surface area contributed by atoms with Crippen LogP contribution in [0.15, 0.2) is 36.5 Å². The monoisotopic (exact) mass is 341 g/mol. The Hall–Kier alpha value is -3.09. The molecule has 0 bridgehead atoms. The van der Waals surface area contributed by atoms with Crippen LogP contribution < -0.4 is 20.1 Å². The van der Waals surface area contributed by atoms with E-state index in [2.05, 4.69) is 15.6 Å². The number of methoxy groups -OCH3 is 2. The molecule has 2 N–H and O–H groups in total. The summed E-state index contributed by atoms with van der Waals surface area (Å²) in [6, 6.07) is 8.36. The minimum absolute atomic E-state index is 0.220. The van der Waals surface area contributed by atoms with Gasteiger partial charge >= 0.3 is 0 Å². The highest BCUT2D eigenvalue weighted by Crippen LogP contribution is 2.29. The molecule has 0 unspecified atom stereocenters. The zero-order valence-corrected chi connectivity index (χ0v) is 14.0. The van der Waals surface area contributed by atoms with E-state index in [-0.39, 0.29) is 23.6 Å². The first-order valence-electron chi connectivity index (χ1n) is 7.91. The minimum atomic E-state index is -0.366. The van der Waals surface area contributed by atoms with Crippen LogP contribution in [0.5, 0.6) is 11.5 Å². The standard InChI is InChI=1S/C18H19N3O4/c1-24-13-5-6-16(25-2)14(10-13)21-17(22)11-7-8-19-15(9-11)18(23)20-12-3-4-12/h5-10,12H,3-4H2,1-2H3,(H,20,23)(H,21,22). The summed E-state index contributed by atoms with van der Waals surface area (Å²) >= 11 is 0. The number of amides is 2. The van der Waals surface area contributed by atoms with Crippen molar-refractivity contribution in [2.75, 3.05) is 19.5 Å². The number of carbonyl (C=O) groups is 2. The molecule has 1 aromatic carbocycles. The van der Waals surface area contributed by atoms with Crippen LogP contribution in [0.2, 0.25) is 0 Å². The number of carbonyl (C=O) groups excluding carboxylic acids is 2. The lowest BCUT2D eigenvalue weighted by Gasteiger charge is -2.12. The molecule has 1 saturated carbocycles. The van der Waals surface area contributed by atoms with Crippen LogP contribution in [0.3, 0.4) is 0 Å². The third-order valence-electron chi connectivity index (χ3n) is 3.82. The summed E-state index contributed by atoms with van der Waals surface area (Å²) in [6.45, 7) is 0. The van der Waals surface area contributed by atoms with Crippen LogP contribution in [0.4, 0.5) is 5.69 Å². The molecule has 2 aromatic rings. The number of hydrogen-bond donors (Lipinski definition) is 2. The number of nitrogens with zero attached hydrogens (tertiary/aromatic N) is 1. The Bertz CT molecular complexity index is 803. The Kier molecular flexibility index (Phi) is 4.83. The molecule has 130 valence electrons. The fourth-order valence-electron chi connectivity index (χ4n) is 2.29. The SMILES string of the molecule is COc1ccc(OC)c(NC(=O)c2ccnc(C(=O)NC3CC3)c2)c1. The lowest BCUT2D eigenvalue weighted by molar-refractivity contribution is 0.0946. The fraction of sp³-hybridized carbons (Fsp3) is 0.278. The van der Waals surface area contributed by atoms with E-state index in [1.807, 2.05) is 0 Å². The van der Waals surface area contributed by atoms with Gasteiger partial charge in [-0.2, -0.15) is 0 Å². The summed E-state index contributed by atoms with van der Waals surface area (Å²) in [6.07, 6.45) is 3.42. The molecule has 0 radical (unpaired) electrons. The number of hydrogen-bond acceptors (Lipinski definition) is 5. The van der Waals surface area contributed by atoms with Crippen molar-refractivity contribution in [1.29, 1.82) is 0 Å². The van der Waals surface area contributed by atoms with Crippen molar-refractivity contribution in [3.05, 3.63) is 47.8 Å². The van der Waals surface area contributed by atoms with Crippen molar-refractivity contribution in [2.24, 2.45) is 0 Å². The molecule has 1 aliphatic carbocycles. The summed E-state index contributed by atoms with van der Waals surface area (Å²) < 4.78 is 10.4. The molecule has 7 heteroatoms. The van der Waals surface area contributed by atoms with E-state index in [4.69, 9.17) is 9.47 Å². The van der Waals surface area contributed by atoms with E-state index >= 15 is 0 Å². The molecule has 1 fully saturated rings. The number of nitrogens with one attached hydrogen (secondary N) is 2. The predicted molar refractivity (Wildman–Crippen MR) is 92.2 cm³/mol. The Morgan fingerprint density at radius 1 is 1.08 bits per heavy atom. The average molecular weight is 341 g/mol. The van der Waals surface area contributed by atoms with Crippen molar-refractivity contribution in [3.63, 3.8) is 0 Å². The van der Waals surface area contributed by atoms with Gasteiger partial charge in [-0.1, -0.05) is 0 Å². The lowest BCUT2D eigenvalue weighted by atomic mass is 10.2. The smallest absolute Gasteiger partial charge is 0.270 e. The van der Waals surface area contributed by atoms with Crippen molar-refractivity contribution >= 4 is 17.5 Å². The van der Waals surface area contributed by atoms with E-state index in [1.54, 1.807) is 31.4 Å². The van der Waals surface area contributed by atoms with Gasteiger partial charge in [0.05, 0.1) is 19.9 Å². The zero-order chi connectivity index (χ0) is 17.8. The van der Waals surface area contributed by atoms with Crippen LogP contribution >= 0.6 is 0 Å². The second-order valence-corrected chi connectivity index (χ2v) is 5.70. The molecule has 0 saturated heterocycles. The topological polar surface area (TPSA) is 89.6 Å². The Morgan fingerprint density at radius 2 is 1.88 bits per heavy atom. The number of ether oxygens (including phenoxy) is 2. The second-order valence-electron chi connectivity index (χ2n) is 5.70. The van der Waals surface area contributed by atoms with Crippen LogP contribution in [-0.2, 0) is 0 Å². The zero-order valence-electron chi connectivity index (χ0n) is 14.0. The van der Waals surface area contributed by atoms with E-state index in [0.717, 1.165) is 12.8 Å². The normalized spacial score (nSPS) is 13.0. The maximum absolute atomic E-state index is 12.5. The van der Waals surface area contributed by atoms with Gasteiger partial charge in [-0.05, 0) is 37.1 Å². The van der Waals surface area contributed by atoms with Crippen molar-refractivity contribution in [1.82, 2.24) is 10.3 Å². The Balaban J connectivity index is 1.78. The van der Waals surface area contributed by atoms with Crippen LogP contribution in [-0.4, -0.2) is 37.1 Å². The first kappa shape index (κ1) is 16.8. The fourth-order valence-corrected chi connectivity index (χ4v) is 2.29. The first-order valence-corrected chi connectivity index (χ1v) is 7.91. The van der Waals surface area contributed by atoms with Gasteiger partial charge < -0.3 is 20.1 Å².